The molecule has 0 heterocycles. The van der Waals surface area contributed by atoms with E-state index in [1.165, 1.54) is 34.5 Å². The Labute approximate surface area is 125 Å². The molecule has 0 aliphatic heterocycles. The van der Waals surface area contributed by atoms with Crippen LogP contribution in [0.5, 0.6) is 0 Å². The fourth-order valence-corrected chi connectivity index (χ4v) is 1.03. The first kappa shape index (κ1) is 22.3. The molecule has 0 N–H and O–H groups in total. The van der Waals surface area contributed by atoms with Gasteiger partial charge in [-0.3, -0.25) is 12.2 Å². The van der Waals surface area contributed by atoms with Gasteiger partial charge >= 0.3 is 30.2 Å². The van der Waals surface area contributed by atoms with Gasteiger partial charge in [0.1, 0.15) is 0 Å². The van der Waals surface area contributed by atoms with E-state index in [0.717, 1.165) is 12.8 Å². The molecule has 2 aliphatic rings. The molecule has 17 heavy (non-hydrogen) atoms. The first-order valence-electron chi connectivity index (χ1n) is 5.22. The number of hydrogen-bond acceptors (Lipinski definition) is 0. The number of rotatable bonds is 0. The summed E-state index contributed by atoms with van der Waals surface area (Å²) in [4.78, 5) is 0. The standard InChI is InChI=1S/2C6H7.C2H5.CH3.Si.Zr/c2*1-6-4-2-3-5-6;1-2;;;/h2*2,4H,3H2,1H3;1H2,2H3;1H3;;/q4*-1;;. The van der Waals surface area contributed by atoms with Gasteiger partial charge in [-0.25, -0.2) is 23.3 Å². The van der Waals surface area contributed by atoms with Crippen molar-refractivity contribution in [3.8, 4) is 0 Å². The van der Waals surface area contributed by atoms with Crippen molar-refractivity contribution in [3.63, 3.8) is 0 Å². The monoisotopic (exact) mass is 320 g/mol. The maximum absolute atomic E-state index is 3.25. The van der Waals surface area contributed by atoms with Crippen LogP contribution in [0.25, 0.3) is 0 Å². The molecule has 0 saturated carbocycles. The van der Waals surface area contributed by atoms with Crippen molar-refractivity contribution in [2.24, 2.45) is 0 Å². The molecule has 2 aliphatic carbocycles. The van der Waals surface area contributed by atoms with Gasteiger partial charge in [-0.1, -0.05) is 13.8 Å². The molecule has 94 valence electrons. The molecule has 0 aromatic rings. The maximum atomic E-state index is 3.25. The molecule has 0 saturated heterocycles. The van der Waals surface area contributed by atoms with E-state index in [9.17, 15) is 0 Å². The van der Waals surface area contributed by atoms with E-state index in [0.29, 0.717) is 0 Å². The quantitative estimate of drug-likeness (QED) is 0.461. The molecule has 2 rings (SSSR count). The molecule has 0 fully saturated rings. The second-order valence-corrected chi connectivity index (χ2v) is 2.93. The van der Waals surface area contributed by atoms with Crippen LogP contribution in [0.2, 0.25) is 0 Å². The molecule has 0 spiro atoms. The van der Waals surface area contributed by atoms with Gasteiger partial charge in [-0.2, -0.15) is 19.1 Å². The Hall–Kier alpha value is 0.0600. The van der Waals surface area contributed by atoms with E-state index in [1.807, 2.05) is 0 Å². The average Bonchev–Trinajstić information content (AvgIpc) is 2.98. The van der Waals surface area contributed by atoms with Crippen molar-refractivity contribution in [3.05, 3.63) is 62.0 Å². The summed E-state index contributed by atoms with van der Waals surface area (Å²) in [5.74, 6) is 0. The predicted octanol–water partition coefficient (Wildman–Crippen LogP) is 4.30. The number of allylic oxidation sites excluding steroid dienone is 8. The van der Waals surface area contributed by atoms with Gasteiger partial charge < -0.3 is 14.4 Å². The summed E-state index contributed by atoms with van der Waals surface area (Å²) >= 11 is 1.36. The summed E-state index contributed by atoms with van der Waals surface area (Å²) in [6.45, 7) is 12.2. The molecule has 2 radical (unpaired) electrons. The minimum atomic E-state index is 0. The fourth-order valence-electron chi connectivity index (χ4n) is 1.03. The van der Waals surface area contributed by atoms with Crippen molar-refractivity contribution in [1.82, 2.24) is 0 Å². The molecule has 0 aromatic carbocycles. The van der Waals surface area contributed by atoms with Crippen molar-refractivity contribution in [2.75, 3.05) is 0 Å². The molecule has 0 amide bonds. The van der Waals surface area contributed by atoms with Crippen molar-refractivity contribution >= 4 is 6.88 Å². The van der Waals surface area contributed by atoms with E-state index in [-0.39, 0.29) is 7.43 Å². The van der Waals surface area contributed by atoms with E-state index in [2.05, 4.69) is 64.1 Å². The molecule has 0 unspecified atom stereocenters. The van der Waals surface area contributed by atoms with Crippen LogP contribution < -0.4 is 0 Å². The van der Waals surface area contributed by atoms with Crippen LogP contribution in [-0.2, 0) is 23.3 Å². The van der Waals surface area contributed by atoms with E-state index < -0.39 is 0 Å². The van der Waals surface area contributed by atoms with E-state index in [4.69, 9.17) is 0 Å². The van der Waals surface area contributed by atoms with E-state index in [1.54, 1.807) is 6.92 Å². The Bertz CT molecular complexity index is 239. The summed E-state index contributed by atoms with van der Waals surface area (Å²) in [5.41, 5.74) is 2.55. The Kier molecular flexibility index (Phi) is 24.1. The summed E-state index contributed by atoms with van der Waals surface area (Å²) in [5, 5.41) is 0. The van der Waals surface area contributed by atoms with E-state index >= 15 is 0 Å². The second-order valence-electron chi connectivity index (χ2n) is 2.93. The van der Waals surface area contributed by atoms with Crippen LogP contribution in [-0.4, -0.2) is 6.88 Å². The third-order valence-corrected chi connectivity index (χ3v) is 1.73. The van der Waals surface area contributed by atoms with Gasteiger partial charge in [0.25, 0.3) is 0 Å². The Balaban J connectivity index is -0.000000171. The van der Waals surface area contributed by atoms with Gasteiger partial charge in [0, 0.05) is 0 Å². The molecule has 0 bridgehead atoms. The SMILES string of the molecule is CC1=[C-]CC=C1.CC1=[C-]CC=C1.[CH2-]C.[CH3-].[Si]=[Zr]. The molecular weight excluding hydrogens is 299 g/mol. The summed E-state index contributed by atoms with van der Waals surface area (Å²) in [6, 6.07) is 0. The zero-order valence-electron chi connectivity index (χ0n) is 11.4. The molecule has 0 aromatic heterocycles. The minimum absolute atomic E-state index is 0. The predicted molar refractivity (Wildman–Crippen MR) is 75.6 cm³/mol. The van der Waals surface area contributed by atoms with Gasteiger partial charge in [-0.05, 0) is 0 Å². The van der Waals surface area contributed by atoms with Crippen LogP contribution in [0.3, 0.4) is 0 Å². The van der Waals surface area contributed by atoms with Gasteiger partial charge in [0.15, 0.2) is 0 Å². The Morgan fingerprint density at radius 2 is 1.29 bits per heavy atom. The molecule has 0 atom stereocenters. The number of hydrogen-bond donors (Lipinski definition) is 0. The summed E-state index contributed by atoms with van der Waals surface area (Å²) in [7, 11) is 0. The molecule has 0 nitrogen and oxygen atoms in total. The second kappa shape index (κ2) is 18.4. The first-order chi connectivity index (χ1) is 7.79. The van der Waals surface area contributed by atoms with Gasteiger partial charge in [0.2, 0.25) is 0 Å². The fraction of sp³-hybridized carbons (Fsp3) is 0.333. The van der Waals surface area contributed by atoms with Gasteiger partial charge in [-0.15, -0.1) is 12.8 Å². The third kappa shape index (κ3) is 16.1. The van der Waals surface area contributed by atoms with Crippen LogP contribution in [0.15, 0.2) is 35.5 Å². The molecular formula is C15H22SiZr-4. The molecule has 2 heteroatoms. The zero-order valence-corrected chi connectivity index (χ0v) is 14.9. The third-order valence-electron chi connectivity index (χ3n) is 1.73. The average molecular weight is 322 g/mol. The van der Waals surface area contributed by atoms with Crippen LogP contribution in [0.1, 0.15) is 33.6 Å². The van der Waals surface area contributed by atoms with Crippen LogP contribution >= 0.6 is 0 Å². The summed E-state index contributed by atoms with van der Waals surface area (Å²) < 4.78 is 0. The van der Waals surface area contributed by atoms with Crippen molar-refractivity contribution in [1.29, 1.82) is 0 Å². The summed E-state index contributed by atoms with van der Waals surface area (Å²) in [6.07, 6.45) is 16.7. The Morgan fingerprint density at radius 1 is 1.00 bits per heavy atom. The first-order valence-corrected chi connectivity index (χ1v) is 9.41. The van der Waals surface area contributed by atoms with Crippen LogP contribution in [0.4, 0.5) is 0 Å². The van der Waals surface area contributed by atoms with Gasteiger partial charge in [0.05, 0.1) is 0 Å². The zero-order chi connectivity index (χ0) is 12.8. The normalized spacial score (nSPS) is 13.6. The van der Waals surface area contributed by atoms with Crippen molar-refractivity contribution in [2.45, 2.75) is 33.6 Å². The van der Waals surface area contributed by atoms with Crippen molar-refractivity contribution < 1.29 is 23.3 Å². The Morgan fingerprint density at radius 3 is 1.35 bits per heavy atom. The van der Waals surface area contributed by atoms with Crippen LogP contribution in [0, 0.1) is 26.5 Å². The topological polar surface area (TPSA) is 0 Å².